The summed E-state index contributed by atoms with van der Waals surface area (Å²) in [6.45, 7) is 3.61. The number of aryl methyl sites for hydroxylation is 1. The standard InChI is InChI=1S/C27H24O7/c1-4-31-27(29)26(18-10-6-5-7-11-18)33-19-14-15-20-23(16-19)32-17(2)25(24(20)28)34-22-13-9-8-12-21(22)30-3/h5-16,26H,4H2,1-3H3. The van der Waals surface area contributed by atoms with E-state index in [9.17, 15) is 9.59 Å². The van der Waals surface area contributed by atoms with Gasteiger partial charge in [-0.25, -0.2) is 4.79 Å². The van der Waals surface area contributed by atoms with Gasteiger partial charge in [0.15, 0.2) is 11.5 Å². The van der Waals surface area contributed by atoms with Crippen LogP contribution in [0.25, 0.3) is 11.0 Å². The summed E-state index contributed by atoms with van der Waals surface area (Å²) < 4.78 is 28.2. The van der Waals surface area contributed by atoms with Crippen molar-refractivity contribution in [2.24, 2.45) is 0 Å². The van der Waals surface area contributed by atoms with Crippen LogP contribution >= 0.6 is 0 Å². The Kier molecular flexibility index (Phi) is 6.82. The van der Waals surface area contributed by atoms with Crippen molar-refractivity contribution in [1.82, 2.24) is 0 Å². The molecule has 34 heavy (non-hydrogen) atoms. The largest absolute Gasteiger partial charge is 0.493 e. The highest BCUT2D eigenvalue weighted by molar-refractivity contribution is 5.80. The lowest BCUT2D eigenvalue weighted by Gasteiger charge is -2.18. The number of carbonyl (C=O) groups excluding carboxylic acids is 1. The Hall–Kier alpha value is -4.26. The predicted molar refractivity (Wildman–Crippen MR) is 127 cm³/mol. The Morgan fingerprint density at radius 1 is 0.971 bits per heavy atom. The van der Waals surface area contributed by atoms with Gasteiger partial charge in [0.05, 0.1) is 19.1 Å². The first-order valence-electron chi connectivity index (χ1n) is 10.8. The van der Waals surface area contributed by atoms with E-state index >= 15 is 0 Å². The molecule has 0 spiro atoms. The van der Waals surface area contributed by atoms with Crippen LogP contribution in [0, 0.1) is 6.92 Å². The third-order valence-electron chi connectivity index (χ3n) is 5.12. The van der Waals surface area contributed by atoms with E-state index in [-0.39, 0.29) is 17.8 Å². The van der Waals surface area contributed by atoms with Crippen molar-refractivity contribution in [3.8, 4) is 23.0 Å². The quantitative estimate of drug-likeness (QED) is 0.317. The Morgan fingerprint density at radius 2 is 1.68 bits per heavy atom. The number of ether oxygens (including phenoxy) is 4. The molecule has 1 heterocycles. The van der Waals surface area contributed by atoms with Crippen molar-refractivity contribution >= 4 is 16.9 Å². The van der Waals surface area contributed by atoms with Crippen molar-refractivity contribution in [3.05, 3.63) is 94.3 Å². The maximum Gasteiger partial charge on any atom is 0.352 e. The first-order valence-corrected chi connectivity index (χ1v) is 10.8. The van der Waals surface area contributed by atoms with Crippen molar-refractivity contribution in [1.29, 1.82) is 0 Å². The van der Waals surface area contributed by atoms with Gasteiger partial charge in [-0.05, 0) is 38.1 Å². The number of para-hydroxylation sites is 2. The summed E-state index contributed by atoms with van der Waals surface area (Å²) in [7, 11) is 1.53. The lowest BCUT2D eigenvalue weighted by atomic mass is 10.1. The molecule has 1 aromatic heterocycles. The summed E-state index contributed by atoms with van der Waals surface area (Å²) in [6.07, 6.45) is -0.959. The number of esters is 1. The van der Waals surface area contributed by atoms with E-state index < -0.39 is 12.1 Å². The highest BCUT2D eigenvalue weighted by Gasteiger charge is 2.25. The molecule has 1 unspecified atom stereocenters. The van der Waals surface area contributed by atoms with E-state index in [0.717, 1.165) is 0 Å². The highest BCUT2D eigenvalue weighted by atomic mass is 16.6. The predicted octanol–water partition coefficient (Wildman–Crippen LogP) is 5.59. The van der Waals surface area contributed by atoms with Gasteiger partial charge >= 0.3 is 5.97 Å². The average molecular weight is 460 g/mol. The molecule has 0 aliphatic carbocycles. The second kappa shape index (κ2) is 10.1. The Bertz CT molecular complexity index is 1360. The maximum atomic E-state index is 13.2. The highest BCUT2D eigenvalue weighted by Crippen LogP contribution is 2.33. The van der Waals surface area contributed by atoms with Crippen LogP contribution in [-0.4, -0.2) is 19.7 Å². The second-order valence-corrected chi connectivity index (χ2v) is 7.39. The fourth-order valence-electron chi connectivity index (χ4n) is 3.51. The van der Waals surface area contributed by atoms with Crippen molar-refractivity contribution in [2.75, 3.05) is 13.7 Å². The van der Waals surface area contributed by atoms with Gasteiger partial charge in [0.1, 0.15) is 17.1 Å². The van der Waals surface area contributed by atoms with Gasteiger partial charge in [-0.15, -0.1) is 0 Å². The third kappa shape index (κ3) is 4.73. The molecule has 0 saturated heterocycles. The zero-order valence-corrected chi connectivity index (χ0v) is 19.1. The average Bonchev–Trinajstić information content (AvgIpc) is 2.85. The van der Waals surface area contributed by atoms with Gasteiger partial charge in [-0.2, -0.15) is 0 Å². The van der Waals surface area contributed by atoms with Crippen molar-refractivity contribution in [3.63, 3.8) is 0 Å². The summed E-state index contributed by atoms with van der Waals surface area (Å²) in [5.41, 5.74) is 0.628. The molecule has 0 bridgehead atoms. The van der Waals surface area contributed by atoms with Crippen LogP contribution < -0.4 is 19.6 Å². The maximum absolute atomic E-state index is 13.2. The molecule has 7 nitrogen and oxygen atoms in total. The molecular weight excluding hydrogens is 436 g/mol. The smallest absolute Gasteiger partial charge is 0.352 e. The van der Waals surface area contributed by atoms with Crippen LogP contribution in [0.3, 0.4) is 0 Å². The SMILES string of the molecule is CCOC(=O)C(Oc1ccc2c(=O)c(Oc3ccccc3OC)c(C)oc2c1)c1ccccc1. The van der Waals surface area contributed by atoms with E-state index in [0.29, 0.717) is 39.5 Å². The molecule has 0 fully saturated rings. The number of hydrogen-bond donors (Lipinski definition) is 0. The van der Waals surface area contributed by atoms with E-state index in [1.54, 1.807) is 62.4 Å². The Morgan fingerprint density at radius 3 is 2.38 bits per heavy atom. The molecule has 4 aromatic rings. The lowest BCUT2D eigenvalue weighted by molar-refractivity contribution is -0.151. The summed E-state index contributed by atoms with van der Waals surface area (Å²) in [5, 5.41) is 0.315. The number of methoxy groups -OCH3 is 1. The van der Waals surface area contributed by atoms with Gasteiger partial charge in [0, 0.05) is 11.6 Å². The summed E-state index contributed by atoms with van der Waals surface area (Å²) in [5.74, 6) is 1.11. The first-order chi connectivity index (χ1) is 16.5. The number of fused-ring (bicyclic) bond motifs is 1. The van der Waals surface area contributed by atoms with Gasteiger partial charge in [0.2, 0.25) is 17.3 Å². The lowest BCUT2D eigenvalue weighted by Crippen LogP contribution is -2.21. The summed E-state index contributed by atoms with van der Waals surface area (Å²) in [4.78, 5) is 25.7. The van der Waals surface area contributed by atoms with Crippen molar-refractivity contribution < 1.29 is 28.2 Å². The van der Waals surface area contributed by atoms with Crippen LogP contribution in [-0.2, 0) is 9.53 Å². The molecule has 3 aromatic carbocycles. The molecule has 174 valence electrons. The zero-order valence-electron chi connectivity index (χ0n) is 19.1. The molecule has 4 rings (SSSR count). The molecule has 0 N–H and O–H groups in total. The normalized spacial score (nSPS) is 11.6. The molecule has 1 atom stereocenters. The molecule has 0 radical (unpaired) electrons. The zero-order chi connectivity index (χ0) is 24.1. The van der Waals surface area contributed by atoms with E-state index in [2.05, 4.69) is 0 Å². The first kappa shape index (κ1) is 22.9. The number of benzene rings is 3. The van der Waals surface area contributed by atoms with Gasteiger partial charge in [0.25, 0.3) is 0 Å². The van der Waals surface area contributed by atoms with E-state index in [1.165, 1.54) is 7.11 Å². The molecular formula is C27H24O7. The Balaban J connectivity index is 1.68. The molecule has 0 aliphatic heterocycles. The van der Waals surface area contributed by atoms with Gasteiger partial charge in [-0.1, -0.05) is 42.5 Å². The summed E-state index contributed by atoms with van der Waals surface area (Å²) in [6, 6.07) is 20.9. The fraction of sp³-hybridized carbons (Fsp3) is 0.185. The minimum absolute atomic E-state index is 0.0688. The monoisotopic (exact) mass is 460 g/mol. The number of carbonyl (C=O) groups is 1. The minimum atomic E-state index is -0.959. The molecule has 0 saturated carbocycles. The van der Waals surface area contributed by atoms with E-state index in [4.69, 9.17) is 23.4 Å². The van der Waals surface area contributed by atoms with Crippen LogP contribution in [0.4, 0.5) is 0 Å². The molecule has 7 heteroatoms. The summed E-state index contributed by atoms with van der Waals surface area (Å²) >= 11 is 0. The van der Waals surface area contributed by atoms with Crippen LogP contribution in [0.1, 0.15) is 24.4 Å². The topological polar surface area (TPSA) is 84.2 Å². The fourth-order valence-corrected chi connectivity index (χ4v) is 3.51. The Labute approximate surface area is 196 Å². The van der Waals surface area contributed by atoms with Crippen LogP contribution in [0.2, 0.25) is 0 Å². The minimum Gasteiger partial charge on any atom is -0.493 e. The van der Waals surface area contributed by atoms with Crippen molar-refractivity contribution in [2.45, 2.75) is 20.0 Å². The molecule has 0 amide bonds. The molecule has 0 aliphatic rings. The van der Waals surface area contributed by atoms with E-state index in [1.807, 2.05) is 24.3 Å². The second-order valence-electron chi connectivity index (χ2n) is 7.39. The number of hydrogen-bond acceptors (Lipinski definition) is 7. The van der Waals surface area contributed by atoms with Gasteiger partial charge in [-0.3, -0.25) is 4.79 Å². The third-order valence-corrected chi connectivity index (χ3v) is 5.12. The van der Waals surface area contributed by atoms with Gasteiger partial charge < -0.3 is 23.4 Å². The van der Waals surface area contributed by atoms with Crippen LogP contribution in [0.5, 0.6) is 23.0 Å². The van der Waals surface area contributed by atoms with Crippen LogP contribution in [0.15, 0.2) is 82.0 Å². The number of rotatable bonds is 8.